The number of aliphatic hydroxyl groups is 1. The average molecular weight is 633 g/mol. The van der Waals surface area contributed by atoms with Crippen molar-refractivity contribution in [3.8, 4) is 6.07 Å². The summed E-state index contributed by atoms with van der Waals surface area (Å²) in [6.07, 6.45) is 5.29. The van der Waals surface area contributed by atoms with Crippen molar-refractivity contribution in [1.82, 2.24) is 4.90 Å². The zero-order valence-electron chi connectivity index (χ0n) is 27.3. The molecular weight excluding hydrogens is 580 g/mol. The first kappa shape index (κ1) is 35.1. The van der Waals surface area contributed by atoms with Crippen molar-refractivity contribution in [2.45, 2.75) is 123 Å². The lowest BCUT2D eigenvalue weighted by atomic mass is 9.44. The van der Waals surface area contributed by atoms with E-state index in [1.165, 1.54) is 0 Å². The highest BCUT2D eigenvalue weighted by molar-refractivity contribution is 5.88. The summed E-state index contributed by atoms with van der Waals surface area (Å²) in [6, 6.07) is 2.58. The Balaban J connectivity index is 1.52. The topological polar surface area (TPSA) is 174 Å². The van der Waals surface area contributed by atoms with E-state index in [0.29, 0.717) is 31.1 Å². The predicted molar refractivity (Wildman–Crippen MR) is 162 cm³/mol. The maximum absolute atomic E-state index is 13.5. The number of carboxylic acids is 2. The molecule has 0 spiro atoms. The van der Waals surface area contributed by atoms with E-state index in [9.17, 15) is 34.7 Å². The van der Waals surface area contributed by atoms with Gasteiger partial charge < -0.3 is 24.8 Å². The van der Waals surface area contributed by atoms with Gasteiger partial charge in [-0.05, 0) is 106 Å². The van der Waals surface area contributed by atoms with E-state index < -0.39 is 42.5 Å². The fourth-order valence-corrected chi connectivity index (χ4v) is 9.96. The van der Waals surface area contributed by atoms with Gasteiger partial charge in [0.25, 0.3) is 0 Å². The largest absolute Gasteiger partial charge is 0.481 e. The van der Waals surface area contributed by atoms with Crippen molar-refractivity contribution in [3.05, 3.63) is 0 Å². The number of carbonyl (C=O) groups excluding carboxylic acids is 2. The second-order valence-electron chi connectivity index (χ2n) is 14.8. The van der Waals surface area contributed by atoms with Gasteiger partial charge in [-0.3, -0.25) is 19.3 Å². The van der Waals surface area contributed by atoms with Crippen molar-refractivity contribution < 1.29 is 44.0 Å². The van der Waals surface area contributed by atoms with Gasteiger partial charge in [0.2, 0.25) is 0 Å². The molecule has 252 valence electrons. The molecule has 4 aliphatic carbocycles. The van der Waals surface area contributed by atoms with Gasteiger partial charge in [-0.25, -0.2) is 4.79 Å². The quantitative estimate of drug-likeness (QED) is 0.245. The SMILES string of the molecule is CCCN(CCC)CC(=O)OC1C[C@]2(C)C(C#N)CC[C@H]2[C@@H]2CCC3CC(OC(=O)CC(O)(CC(=O)O)C(=O)O)CC[C@]3(C)[C@H]12. The van der Waals surface area contributed by atoms with Crippen LogP contribution in [-0.2, 0) is 28.7 Å². The summed E-state index contributed by atoms with van der Waals surface area (Å²) in [6.45, 7) is 10.6. The summed E-state index contributed by atoms with van der Waals surface area (Å²) >= 11 is 0. The predicted octanol–water partition coefficient (Wildman–Crippen LogP) is 4.40. The number of aliphatic carboxylic acids is 2. The highest BCUT2D eigenvalue weighted by Crippen LogP contribution is 2.68. The van der Waals surface area contributed by atoms with Crippen LogP contribution in [0.3, 0.4) is 0 Å². The Hall–Kier alpha value is -2.71. The number of hydrogen-bond donors (Lipinski definition) is 3. The second kappa shape index (κ2) is 14.0. The number of nitrogens with zero attached hydrogens (tertiary/aromatic N) is 2. The van der Waals surface area contributed by atoms with E-state index >= 15 is 0 Å². The maximum Gasteiger partial charge on any atom is 0.336 e. The molecule has 4 saturated carbocycles. The normalized spacial score (nSPS) is 36.9. The van der Waals surface area contributed by atoms with Gasteiger partial charge in [0.05, 0.1) is 31.4 Å². The van der Waals surface area contributed by atoms with Crippen molar-refractivity contribution in [3.63, 3.8) is 0 Å². The third kappa shape index (κ3) is 7.17. The summed E-state index contributed by atoms with van der Waals surface area (Å²) in [5, 5.41) is 38.8. The maximum atomic E-state index is 13.5. The van der Waals surface area contributed by atoms with Gasteiger partial charge in [0.15, 0.2) is 5.60 Å². The smallest absolute Gasteiger partial charge is 0.336 e. The summed E-state index contributed by atoms with van der Waals surface area (Å²) in [4.78, 5) is 51.0. The molecule has 45 heavy (non-hydrogen) atoms. The third-order valence-electron chi connectivity index (χ3n) is 12.0. The zero-order valence-corrected chi connectivity index (χ0v) is 27.3. The first-order valence-corrected chi connectivity index (χ1v) is 16.9. The molecule has 0 aromatic heterocycles. The molecule has 4 aliphatic rings. The van der Waals surface area contributed by atoms with Gasteiger partial charge in [0, 0.05) is 5.92 Å². The minimum atomic E-state index is -2.73. The van der Waals surface area contributed by atoms with Crippen molar-refractivity contribution in [2.24, 2.45) is 40.4 Å². The molecule has 10 atom stereocenters. The molecule has 0 radical (unpaired) electrons. The molecular formula is C34H52N2O9. The van der Waals surface area contributed by atoms with Crippen LogP contribution in [0.1, 0.15) is 105 Å². The highest BCUT2D eigenvalue weighted by atomic mass is 16.5. The van der Waals surface area contributed by atoms with Gasteiger partial charge in [-0.15, -0.1) is 0 Å². The monoisotopic (exact) mass is 632 g/mol. The van der Waals surface area contributed by atoms with E-state index in [-0.39, 0.29) is 47.2 Å². The lowest BCUT2D eigenvalue weighted by Gasteiger charge is -2.62. The van der Waals surface area contributed by atoms with Crippen molar-refractivity contribution >= 4 is 23.9 Å². The summed E-state index contributed by atoms with van der Waals surface area (Å²) < 4.78 is 12.1. The molecule has 0 aliphatic heterocycles. The Kier molecular flexibility index (Phi) is 10.9. The van der Waals surface area contributed by atoms with Crippen LogP contribution in [-0.4, -0.2) is 81.5 Å². The number of carbonyl (C=O) groups is 4. The molecule has 11 heteroatoms. The standard InChI is InChI=1S/C34H52N2O9/c1-5-13-36(14-6-2)20-29(40)45-26-16-33(4)22(19-35)8-10-25(33)24-9-7-21-15-23(11-12-32(21,3)30(24)26)44-28(39)18-34(43,31(41)42)17-27(37)38/h21-26,30,43H,5-18,20H2,1-4H3,(H,37,38)(H,41,42)/t21?,22?,23?,24-,25-,26?,30-,32-,33+,34?/m0/s1. The van der Waals surface area contributed by atoms with Crippen LogP contribution in [0, 0.1) is 51.8 Å². The molecule has 0 amide bonds. The summed E-state index contributed by atoms with van der Waals surface area (Å²) in [5.74, 6) is -3.51. The van der Waals surface area contributed by atoms with E-state index in [0.717, 1.165) is 58.0 Å². The second-order valence-corrected chi connectivity index (χ2v) is 14.8. The number of fused-ring (bicyclic) bond motifs is 5. The Bertz CT molecular complexity index is 1160. The lowest BCUT2D eigenvalue weighted by molar-refractivity contribution is -0.201. The molecule has 0 aromatic carbocycles. The summed E-state index contributed by atoms with van der Waals surface area (Å²) in [5.41, 5.74) is -3.12. The Morgan fingerprint density at radius 3 is 2.22 bits per heavy atom. The van der Waals surface area contributed by atoms with E-state index in [4.69, 9.17) is 14.6 Å². The van der Waals surface area contributed by atoms with Crippen LogP contribution in [0.15, 0.2) is 0 Å². The van der Waals surface area contributed by atoms with Crippen molar-refractivity contribution in [1.29, 1.82) is 5.26 Å². The van der Waals surface area contributed by atoms with Gasteiger partial charge in [-0.2, -0.15) is 5.26 Å². The minimum absolute atomic E-state index is 0.0624. The number of esters is 2. The Morgan fingerprint density at radius 1 is 0.933 bits per heavy atom. The number of ether oxygens (including phenoxy) is 2. The van der Waals surface area contributed by atoms with E-state index in [2.05, 4.69) is 38.7 Å². The number of hydrogen-bond acceptors (Lipinski definition) is 9. The summed E-state index contributed by atoms with van der Waals surface area (Å²) in [7, 11) is 0. The van der Waals surface area contributed by atoms with Crippen LogP contribution in [0.2, 0.25) is 0 Å². The fraction of sp³-hybridized carbons (Fsp3) is 0.853. The lowest BCUT2D eigenvalue weighted by Crippen LogP contribution is -2.60. The Morgan fingerprint density at radius 2 is 1.62 bits per heavy atom. The number of nitriles is 1. The molecule has 0 bridgehead atoms. The molecule has 3 N–H and O–H groups in total. The van der Waals surface area contributed by atoms with Gasteiger partial charge in [0.1, 0.15) is 12.2 Å². The van der Waals surface area contributed by atoms with Crippen molar-refractivity contribution in [2.75, 3.05) is 19.6 Å². The van der Waals surface area contributed by atoms with E-state index in [1.54, 1.807) is 0 Å². The zero-order chi connectivity index (χ0) is 33.2. The van der Waals surface area contributed by atoms with Crippen LogP contribution in [0.5, 0.6) is 0 Å². The molecule has 5 unspecified atom stereocenters. The third-order valence-corrected chi connectivity index (χ3v) is 12.0. The number of carboxylic acid groups (broad SMARTS) is 2. The average Bonchev–Trinajstić information content (AvgIpc) is 3.28. The molecule has 4 rings (SSSR count). The van der Waals surface area contributed by atoms with Crippen LogP contribution >= 0.6 is 0 Å². The van der Waals surface area contributed by atoms with Crippen LogP contribution in [0.25, 0.3) is 0 Å². The molecule has 0 heterocycles. The number of rotatable bonds is 13. The molecule has 11 nitrogen and oxygen atoms in total. The Labute approximate surface area is 266 Å². The first-order valence-electron chi connectivity index (χ1n) is 16.9. The molecule has 4 fully saturated rings. The molecule has 0 aromatic rings. The van der Waals surface area contributed by atoms with Gasteiger partial charge >= 0.3 is 23.9 Å². The fourth-order valence-electron chi connectivity index (χ4n) is 9.96. The molecule has 0 saturated heterocycles. The van der Waals surface area contributed by atoms with Crippen LogP contribution < -0.4 is 0 Å². The first-order chi connectivity index (χ1) is 21.2. The van der Waals surface area contributed by atoms with Gasteiger partial charge in [-0.1, -0.05) is 27.7 Å². The van der Waals surface area contributed by atoms with Crippen LogP contribution in [0.4, 0.5) is 0 Å². The minimum Gasteiger partial charge on any atom is -0.481 e. The van der Waals surface area contributed by atoms with E-state index in [1.807, 2.05) is 0 Å². The highest BCUT2D eigenvalue weighted by Gasteiger charge is 2.64.